The molecule has 0 heterocycles. The minimum absolute atomic E-state index is 0.112. The zero-order chi connectivity index (χ0) is 15.3. The number of hydrogen-bond donors (Lipinski definition) is 2. The molecule has 0 aliphatic heterocycles. The zero-order valence-corrected chi connectivity index (χ0v) is 12.4. The summed E-state index contributed by atoms with van der Waals surface area (Å²) in [5, 5.41) is 8.57. The van der Waals surface area contributed by atoms with E-state index in [4.69, 9.17) is 9.84 Å². The Morgan fingerprint density at radius 3 is 2.65 bits per heavy atom. The normalized spacial score (nSPS) is 11.4. The van der Waals surface area contributed by atoms with Crippen LogP contribution in [0, 0.1) is 6.92 Å². The number of rotatable bonds is 7. The molecule has 0 unspecified atom stereocenters. The summed E-state index contributed by atoms with van der Waals surface area (Å²) in [6.45, 7) is 1.75. The Balaban J connectivity index is 2.88. The first-order valence-electron chi connectivity index (χ1n) is 5.87. The van der Waals surface area contributed by atoms with E-state index in [-0.39, 0.29) is 13.0 Å². The average Bonchev–Trinajstić information content (AvgIpc) is 2.37. The third-order valence-electron chi connectivity index (χ3n) is 2.65. The molecule has 0 saturated carbocycles. The molecule has 8 heteroatoms. The molecular weight excluding hydrogens is 284 g/mol. The highest BCUT2D eigenvalue weighted by atomic mass is 32.2. The second-order valence-corrected chi connectivity index (χ2v) is 6.05. The maximum atomic E-state index is 12.0. The molecule has 0 aromatic heterocycles. The number of methoxy groups -OCH3 is 1. The van der Waals surface area contributed by atoms with Crippen LogP contribution in [0.25, 0.3) is 0 Å². The number of hydrogen-bond acceptors (Lipinski definition) is 4. The number of nitrogens with one attached hydrogen (secondary N) is 1. The van der Waals surface area contributed by atoms with Gasteiger partial charge in [-0.15, -0.1) is 0 Å². The third-order valence-corrected chi connectivity index (χ3v) is 4.13. The lowest BCUT2D eigenvalue weighted by atomic mass is 10.2. The SMILES string of the molecule is COc1cc(C)ccc1NS(=O)(=O)N(C)CCC(=O)O. The number of carboxylic acid groups (broad SMARTS) is 1. The highest BCUT2D eigenvalue weighted by Crippen LogP contribution is 2.26. The maximum absolute atomic E-state index is 12.0. The van der Waals surface area contributed by atoms with E-state index in [0.717, 1.165) is 9.87 Å². The maximum Gasteiger partial charge on any atom is 0.304 e. The molecule has 0 aliphatic rings. The molecule has 1 aromatic carbocycles. The van der Waals surface area contributed by atoms with E-state index in [1.54, 1.807) is 18.2 Å². The van der Waals surface area contributed by atoms with Crippen LogP contribution in [0.5, 0.6) is 5.75 Å². The van der Waals surface area contributed by atoms with Crippen LogP contribution in [0.4, 0.5) is 5.69 Å². The van der Waals surface area contributed by atoms with Gasteiger partial charge in [-0.05, 0) is 24.6 Å². The van der Waals surface area contributed by atoms with Crippen LogP contribution in [0.2, 0.25) is 0 Å². The van der Waals surface area contributed by atoms with Crippen molar-refractivity contribution in [2.24, 2.45) is 0 Å². The van der Waals surface area contributed by atoms with Gasteiger partial charge in [-0.2, -0.15) is 12.7 Å². The average molecular weight is 302 g/mol. The molecule has 0 bridgehead atoms. The van der Waals surface area contributed by atoms with Gasteiger partial charge in [-0.25, -0.2) is 0 Å². The summed E-state index contributed by atoms with van der Waals surface area (Å²) in [5.41, 5.74) is 1.24. The summed E-state index contributed by atoms with van der Waals surface area (Å²) in [5.74, 6) is -0.653. The summed E-state index contributed by atoms with van der Waals surface area (Å²) in [4.78, 5) is 10.5. The molecule has 20 heavy (non-hydrogen) atoms. The molecule has 0 amide bonds. The Labute approximate surface area is 118 Å². The molecule has 7 nitrogen and oxygen atoms in total. The molecule has 2 N–H and O–H groups in total. The molecule has 0 radical (unpaired) electrons. The van der Waals surface area contributed by atoms with Gasteiger partial charge in [0.05, 0.1) is 19.2 Å². The predicted octanol–water partition coefficient (Wildman–Crippen LogP) is 1.07. The van der Waals surface area contributed by atoms with Crippen molar-refractivity contribution in [1.82, 2.24) is 4.31 Å². The lowest BCUT2D eigenvalue weighted by molar-refractivity contribution is -0.137. The summed E-state index contributed by atoms with van der Waals surface area (Å²) in [7, 11) is -1.06. The molecule has 0 atom stereocenters. The minimum Gasteiger partial charge on any atom is -0.495 e. The first kappa shape index (κ1) is 16.3. The van der Waals surface area contributed by atoms with E-state index in [1.807, 2.05) is 6.92 Å². The topological polar surface area (TPSA) is 95.9 Å². The lowest BCUT2D eigenvalue weighted by Crippen LogP contribution is -2.34. The number of carbonyl (C=O) groups is 1. The Morgan fingerprint density at radius 2 is 2.10 bits per heavy atom. The Morgan fingerprint density at radius 1 is 1.45 bits per heavy atom. The lowest BCUT2D eigenvalue weighted by Gasteiger charge is -2.19. The van der Waals surface area contributed by atoms with Gasteiger partial charge in [-0.1, -0.05) is 6.07 Å². The molecule has 112 valence electrons. The van der Waals surface area contributed by atoms with Crippen LogP contribution in [-0.4, -0.2) is 44.5 Å². The summed E-state index contributed by atoms with van der Waals surface area (Å²) in [6, 6.07) is 5.05. The van der Waals surface area contributed by atoms with E-state index in [1.165, 1.54) is 14.2 Å². The van der Waals surface area contributed by atoms with Gasteiger partial charge >= 0.3 is 16.2 Å². The quantitative estimate of drug-likeness (QED) is 0.785. The van der Waals surface area contributed by atoms with Gasteiger partial charge in [0.1, 0.15) is 5.75 Å². The molecule has 0 fully saturated rings. The Hall–Kier alpha value is -1.80. The van der Waals surface area contributed by atoms with Gasteiger partial charge in [0.2, 0.25) is 0 Å². The fraction of sp³-hybridized carbons (Fsp3) is 0.417. The van der Waals surface area contributed by atoms with Crippen LogP contribution in [-0.2, 0) is 15.0 Å². The van der Waals surface area contributed by atoms with Crippen LogP contribution in [0.15, 0.2) is 18.2 Å². The Bertz CT molecular complexity index is 586. The zero-order valence-electron chi connectivity index (χ0n) is 11.6. The van der Waals surface area contributed by atoms with Gasteiger partial charge < -0.3 is 9.84 Å². The number of nitrogens with zero attached hydrogens (tertiary/aromatic N) is 1. The van der Waals surface area contributed by atoms with Crippen LogP contribution < -0.4 is 9.46 Å². The number of ether oxygens (including phenoxy) is 1. The number of aryl methyl sites for hydroxylation is 1. The third kappa shape index (κ3) is 4.39. The van der Waals surface area contributed by atoms with Crippen molar-refractivity contribution in [2.45, 2.75) is 13.3 Å². The van der Waals surface area contributed by atoms with E-state index in [2.05, 4.69) is 4.72 Å². The van der Waals surface area contributed by atoms with Gasteiger partial charge in [0.25, 0.3) is 0 Å². The highest BCUT2D eigenvalue weighted by Gasteiger charge is 2.20. The predicted molar refractivity (Wildman–Crippen MR) is 75.2 cm³/mol. The smallest absolute Gasteiger partial charge is 0.304 e. The number of benzene rings is 1. The van der Waals surface area contributed by atoms with Crippen molar-refractivity contribution in [1.29, 1.82) is 0 Å². The molecular formula is C12H18N2O5S. The van der Waals surface area contributed by atoms with Crippen LogP contribution in [0.3, 0.4) is 0 Å². The van der Waals surface area contributed by atoms with E-state index < -0.39 is 16.2 Å². The van der Waals surface area contributed by atoms with Gasteiger partial charge in [-0.3, -0.25) is 9.52 Å². The standard InChI is InChI=1S/C12H18N2O5S/c1-9-4-5-10(11(8-9)19-3)13-20(17,18)14(2)7-6-12(15)16/h4-5,8,13H,6-7H2,1-3H3,(H,15,16). The highest BCUT2D eigenvalue weighted by molar-refractivity contribution is 7.90. The van der Waals surface area contributed by atoms with Crippen LogP contribution >= 0.6 is 0 Å². The minimum atomic E-state index is -3.81. The summed E-state index contributed by atoms with van der Waals surface area (Å²) in [6.07, 6.45) is -0.261. The van der Waals surface area contributed by atoms with Gasteiger partial charge in [0.15, 0.2) is 0 Å². The van der Waals surface area contributed by atoms with Crippen molar-refractivity contribution >= 4 is 21.9 Å². The first-order chi connectivity index (χ1) is 9.26. The summed E-state index contributed by atoms with van der Waals surface area (Å²) < 4.78 is 32.5. The second-order valence-electron chi connectivity index (χ2n) is 4.28. The van der Waals surface area contributed by atoms with Crippen LogP contribution in [0.1, 0.15) is 12.0 Å². The van der Waals surface area contributed by atoms with Crippen molar-refractivity contribution in [3.05, 3.63) is 23.8 Å². The van der Waals surface area contributed by atoms with Crippen molar-refractivity contribution in [2.75, 3.05) is 25.4 Å². The molecule has 0 spiro atoms. The first-order valence-corrected chi connectivity index (χ1v) is 7.31. The Kier molecular flexibility index (Phi) is 5.34. The number of carboxylic acids is 1. The van der Waals surface area contributed by atoms with Crippen molar-refractivity contribution < 1.29 is 23.1 Å². The summed E-state index contributed by atoms with van der Waals surface area (Å²) >= 11 is 0. The molecule has 1 aromatic rings. The van der Waals surface area contributed by atoms with Crippen molar-refractivity contribution in [3.8, 4) is 5.75 Å². The molecule has 0 saturated heterocycles. The molecule has 1 rings (SSSR count). The van der Waals surface area contributed by atoms with Gasteiger partial charge in [0, 0.05) is 13.6 Å². The number of aliphatic carboxylic acids is 1. The fourth-order valence-electron chi connectivity index (χ4n) is 1.47. The monoisotopic (exact) mass is 302 g/mol. The fourth-order valence-corrected chi connectivity index (χ4v) is 2.41. The van der Waals surface area contributed by atoms with E-state index in [9.17, 15) is 13.2 Å². The molecule has 0 aliphatic carbocycles. The second kappa shape index (κ2) is 6.58. The van der Waals surface area contributed by atoms with E-state index in [0.29, 0.717) is 11.4 Å². The number of anilines is 1. The van der Waals surface area contributed by atoms with Crippen molar-refractivity contribution in [3.63, 3.8) is 0 Å². The van der Waals surface area contributed by atoms with E-state index >= 15 is 0 Å². The largest absolute Gasteiger partial charge is 0.495 e.